The molecule has 3 aromatic rings. The van der Waals surface area contributed by atoms with Crippen molar-refractivity contribution in [2.24, 2.45) is 0 Å². The molecule has 9 heteroatoms. The first-order valence-electron chi connectivity index (χ1n) is 10.7. The average molecular weight is 472 g/mol. The van der Waals surface area contributed by atoms with Crippen molar-refractivity contribution >= 4 is 17.2 Å². The summed E-state index contributed by atoms with van der Waals surface area (Å²) in [5.41, 5.74) is -0.299. The molecule has 1 aromatic carbocycles. The first-order chi connectivity index (χ1) is 15.6. The summed E-state index contributed by atoms with van der Waals surface area (Å²) in [6.07, 6.45) is 3.38. The number of thiazole rings is 1. The molecule has 1 atom stereocenters. The number of carbonyl (C=O) groups excluding carboxylic acids is 1. The second-order valence-electron chi connectivity index (χ2n) is 9.02. The zero-order chi connectivity index (χ0) is 24.1. The Morgan fingerprint density at radius 3 is 2.67 bits per heavy atom. The standard InChI is InChI=1S/C24H26FN3O4S/c1-13(2)27-11-24(4,12-29)28-10-17(20(30)21(31)19(28)23(27)32)22-26-9-16(33-22)8-15-6-5-14(3)7-18(15)25/h5-7,9-10,13,29,31H,8,11-12H2,1-4H3. The first kappa shape index (κ1) is 23.1. The molecule has 174 valence electrons. The monoisotopic (exact) mass is 471 g/mol. The molecule has 4 rings (SSSR count). The van der Waals surface area contributed by atoms with Crippen molar-refractivity contribution in [3.05, 3.63) is 68.3 Å². The number of hydrogen-bond acceptors (Lipinski definition) is 6. The van der Waals surface area contributed by atoms with E-state index in [4.69, 9.17) is 0 Å². The van der Waals surface area contributed by atoms with Gasteiger partial charge in [-0.1, -0.05) is 12.1 Å². The van der Waals surface area contributed by atoms with Gasteiger partial charge < -0.3 is 19.7 Å². The van der Waals surface area contributed by atoms with Crippen molar-refractivity contribution in [1.82, 2.24) is 14.5 Å². The van der Waals surface area contributed by atoms with Crippen LogP contribution in [0.5, 0.6) is 5.75 Å². The number of carbonyl (C=O) groups is 1. The number of aromatic hydroxyl groups is 1. The van der Waals surface area contributed by atoms with Gasteiger partial charge in [0.15, 0.2) is 11.4 Å². The maximum Gasteiger partial charge on any atom is 0.274 e. The largest absolute Gasteiger partial charge is 0.503 e. The van der Waals surface area contributed by atoms with Crippen LogP contribution in [0.25, 0.3) is 10.6 Å². The second-order valence-corrected chi connectivity index (χ2v) is 10.1. The third kappa shape index (κ3) is 3.95. The predicted molar refractivity (Wildman–Crippen MR) is 124 cm³/mol. The Morgan fingerprint density at radius 1 is 1.30 bits per heavy atom. The number of rotatable bonds is 5. The fraction of sp³-hybridized carbons (Fsp3) is 0.375. The van der Waals surface area contributed by atoms with Gasteiger partial charge in [-0.15, -0.1) is 11.3 Å². The number of aliphatic hydroxyl groups is 1. The molecule has 1 unspecified atom stereocenters. The molecule has 0 saturated heterocycles. The van der Waals surface area contributed by atoms with Crippen molar-refractivity contribution in [1.29, 1.82) is 0 Å². The molecular weight excluding hydrogens is 445 g/mol. The smallest absolute Gasteiger partial charge is 0.274 e. The van der Waals surface area contributed by atoms with Crippen LogP contribution >= 0.6 is 11.3 Å². The molecule has 0 bridgehead atoms. The molecule has 0 aliphatic carbocycles. The van der Waals surface area contributed by atoms with Crippen LogP contribution in [0, 0.1) is 12.7 Å². The topological polar surface area (TPSA) is 95.7 Å². The maximum absolute atomic E-state index is 14.3. The molecule has 0 spiro atoms. The highest BCUT2D eigenvalue weighted by molar-refractivity contribution is 7.15. The summed E-state index contributed by atoms with van der Waals surface area (Å²) < 4.78 is 15.7. The van der Waals surface area contributed by atoms with Gasteiger partial charge in [0.2, 0.25) is 5.43 Å². The van der Waals surface area contributed by atoms with Crippen LogP contribution in [0.2, 0.25) is 0 Å². The lowest BCUT2D eigenvalue weighted by molar-refractivity contribution is 0.0348. The Bertz CT molecular complexity index is 1300. The summed E-state index contributed by atoms with van der Waals surface area (Å²) in [7, 11) is 0. The number of aryl methyl sites for hydroxylation is 1. The highest BCUT2D eigenvalue weighted by Crippen LogP contribution is 2.34. The van der Waals surface area contributed by atoms with Crippen molar-refractivity contribution in [3.8, 4) is 16.3 Å². The zero-order valence-corrected chi connectivity index (χ0v) is 19.7. The van der Waals surface area contributed by atoms with Gasteiger partial charge >= 0.3 is 0 Å². The molecule has 1 aliphatic heterocycles. The Hall–Kier alpha value is -3.04. The Balaban J connectivity index is 1.78. The van der Waals surface area contributed by atoms with Gasteiger partial charge in [0.1, 0.15) is 10.8 Å². The van der Waals surface area contributed by atoms with E-state index in [0.29, 0.717) is 17.0 Å². The van der Waals surface area contributed by atoms with Crippen LogP contribution in [-0.2, 0) is 12.0 Å². The summed E-state index contributed by atoms with van der Waals surface area (Å²) in [5, 5.41) is 21.3. The van der Waals surface area contributed by atoms with Crippen LogP contribution in [0.4, 0.5) is 4.39 Å². The van der Waals surface area contributed by atoms with Crippen LogP contribution < -0.4 is 5.43 Å². The van der Waals surface area contributed by atoms with Crippen LogP contribution in [-0.4, -0.2) is 49.8 Å². The van der Waals surface area contributed by atoms with Gasteiger partial charge in [0.25, 0.3) is 5.91 Å². The maximum atomic E-state index is 14.3. The molecule has 1 amide bonds. The average Bonchev–Trinajstić information content (AvgIpc) is 3.22. The van der Waals surface area contributed by atoms with Gasteiger partial charge in [0.05, 0.1) is 17.7 Å². The first-order valence-corrected chi connectivity index (χ1v) is 11.5. The van der Waals surface area contributed by atoms with Crippen LogP contribution in [0.15, 0.2) is 35.4 Å². The fourth-order valence-corrected chi connectivity index (χ4v) is 5.02. The highest BCUT2D eigenvalue weighted by Gasteiger charge is 2.42. The van der Waals surface area contributed by atoms with Gasteiger partial charge in [-0.3, -0.25) is 9.59 Å². The number of halogens is 1. The Labute approximate surface area is 194 Å². The normalized spacial score (nSPS) is 18.2. The van der Waals surface area contributed by atoms with E-state index in [1.165, 1.54) is 33.1 Å². The van der Waals surface area contributed by atoms with Crippen molar-refractivity contribution in [2.45, 2.75) is 45.7 Å². The number of hydrogen-bond donors (Lipinski definition) is 2. The summed E-state index contributed by atoms with van der Waals surface area (Å²) in [5.74, 6) is -1.43. The molecule has 33 heavy (non-hydrogen) atoms. The molecule has 7 nitrogen and oxygen atoms in total. The number of pyridine rings is 1. The van der Waals surface area contributed by atoms with E-state index in [1.807, 2.05) is 26.8 Å². The van der Waals surface area contributed by atoms with Crippen LogP contribution in [0.1, 0.15) is 47.3 Å². The SMILES string of the molecule is Cc1ccc(Cc2cnc(-c3cn4c(c(O)c3=O)C(=O)N(C(C)C)CC4(C)CO)s2)c(F)c1. The molecular formula is C24H26FN3O4S. The third-order valence-corrected chi connectivity index (χ3v) is 7.09. The minimum Gasteiger partial charge on any atom is -0.503 e. The number of amides is 1. The van der Waals surface area contributed by atoms with Crippen molar-refractivity contribution < 1.29 is 19.4 Å². The molecule has 0 radical (unpaired) electrons. The lowest BCUT2D eigenvalue weighted by atomic mass is 9.95. The number of aliphatic hydroxyl groups excluding tert-OH is 1. The molecule has 1 aliphatic rings. The van der Waals surface area contributed by atoms with Crippen molar-refractivity contribution in [3.63, 3.8) is 0 Å². The summed E-state index contributed by atoms with van der Waals surface area (Å²) in [6, 6.07) is 4.86. The van der Waals surface area contributed by atoms with E-state index in [1.54, 1.807) is 19.2 Å². The van der Waals surface area contributed by atoms with Crippen LogP contribution in [0.3, 0.4) is 0 Å². The number of benzene rings is 1. The summed E-state index contributed by atoms with van der Waals surface area (Å²) in [6.45, 7) is 7.18. The van der Waals surface area contributed by atoms with Gasteiger partial charge in [-0.25, -0.2) is 9.37 Å². The molecule has 2 aromatic heterocycles. The lowest BCUT2D eigenvalue weighted by Gasteiger charge is -2.44. The summed E-state index contributed by atoms with van der Waals surface area (Å²) >= 11 is 1.22. The Morgan fingerprint density at radius 2 is 2.03 bits per heavy atom. The second kappa shape index (κ2) is 8.39. The number of nitrogens with zero attached hydrogens (tertiary/aromatic N) is 3. The molecule has 3 heterocycles. The molecule has 2 N–H and O–H groups in total. The quantitative estimate of drug-likeness (QED) is 0.595. The minimum absolute atomic E-state index is 0.127. The fourth-order valence-electron chi connectivity index (χ4n) is 4.08. The molecule has 0 saturated carbocycles. The summed E-state index contributed by atoms with van der Waals surface area (Å²) in [4.78, 5) is 32.7. The number of fused-ring (bicyclic) bond motifs is 1. The van der Waals surface area contributed by atoms with Crippen molar-refractivity contribution in [2.75, 3.05) is 13.2 Å². The van der Waals surface area contributed by atoms with E-state index in [2.05, 4.69) is 4.98 Å². The third-order valence-electron chi connectivity index (χ3n) is 6.06. The van der Waals surface area contributed by atoms with E-state index in [-0.39, 0.29) is 36.3 Å². The van der Waals surface area contributed by atoms with E-state index in [0.717, 1.165) is 10.4 Å². The highest BCUT2D eigenvalue weighted by atomic mass is 32.1. The molecule has 0 fully saturated rings. The minimum atomic E-state index is -0.932. The van der Waals surface area contributed by atoms with Gasteiger partial charge in [-0.2, -0.15) is 0 Å². The lowest BCUT2D eigenvalue weighted by Crippen LogP contribution is -2.56. The Kier molecular flexibility index (Phi) is 5.88. The van der Waals surface area contributed by atoms with E-state index >= 15 is 0 Å². The van der Waals surface area contributed by atoms with Gasteiger partial charge in [-0.05, 0) is 44.9 Å². The van der Waals surface area contributed by atoms with Gasteiger partial charge in [0, 0.05) is 36.3 Å². The van der Waals surface area contributed by atoms with E-state index < -0.39 is 22.6 Å². The van der Waals surface area contributed by atoms with E-state index in [9.17, 15) is 24.2 Å². The number of aromatic nitrogens is 2. The predicted octanol–water partition coefficient (Wildman–Crippen LogP) is 3.29. The zero-order valence-electron chi connectivity index (χ0n) is 18.9.